The molecule has 0 unspecified atom stereocenters. The van der Waals surface area contributed by atoms with Crippen LogP contribution in [0.15, 0.2) is 36.4 Å². The van der Waals surface area contributed by atoms with Gasteiger partial charge in [0.2, 0.25) is 15.9 Å². The number of hydrogen-bond donors (Lipinski definition) is 1. The van der Waals surface area contributed by atoms with Crippen LogP contribution in [0.25, 0.3) is 0 Å². The van der Waals surface area contributed by atoms with Crippen LogP contribution in [0, 0.1) is 20.8 Å². The summed E-state index contributed by atoms with van der Waals surface area (Å²) in [6.07, 6.45) is 1.08. The normalized spacial score (nSPS) is 11.2. The molecular formula is C18H21ClN2O3S. The first-order valence-corrected chi connectivity index (χ1v) is 9.92. The first kappa shape index (κ1) is 19.3. The van der Waals surface area contributed by atoms with Gasteiger partial charge in [0.1, 0.15) is 6.54 Å². The zero-order chi connectivity index (χ0) is 18.8. The molecule has 0 spiro atoms. The molecule has 0 heterocycles. The van der Waals surface area contributed by atoms with Crippen molar-refractivity contribution in [2.45, 2.75) is 20.8 Å². The van der Waals surface area contributed by atoms with E-state index in [9.17, 15) is 13.2 Å². The third kappa shape index (κ3) is 4.74. The van der Waals surface area contributed by atoms with Crippen molar-refractivity contribution in [2.75, 3.05) is 22.4 Å². The molecule has 134 valence electrons. The van der Waals surface area contributed by atoms with Crippen molar-refractivity contribution in [3.8, 4) is 0 Å². The number of amides is 1. The molecule has 0 saturated heterocycles. The summed E-state index contributed by atoms with van der Waals surface area (Å²) in [7, 11) is -3.63. The van der Waals surface area contributed by atoms with Crippen molar-refractivity contribution in [1.29, 1.82) is 0 Å². The lowest BCUT2D eigenvalue weighted by molar-refractivity contribution is -0.114. The van der Waals surface area contributed by atoms with E-state index in [2.05, 4.69) is 5.32 Å². The Hall–Kier alpha value is -2.05. The minimum absolute atomic E-state index is 0.310. The number of benzene rings is 2. The largest absolute Gasteiger partial charge is 0.324 e. The van der Waals surface area contributed by atoms with Crippen LogP contribution in [0.2, 0.25) is 5.02 Å². The van der Waals surface area contributed by atoms with Gasteiger partial charge in [-0.25, -0.2) is 8.42 Å². The lowest BCUT2D eigenvalue weighted by Crippen LogP contribution is -2.38. The summed E-state index contributed by atoms with van der Waals surface area (Å²) in [5.41, 5.74) is 3.65. The van der Waals surface area contributed by atoms with Gasteiger partial charge in [0.25, 0.3) is 0 Å². The number of para-hydroxylation sites is 1. The molecule has 0 aliphatic rings. The zero-order valence-corrected chi connectivity index (χ0v) is 16.2. The fourth-order valence-electron chi connectivity index (χ4n) is 2.60. The Morgan fingerprint density at radius 2 is 1.68 bits per heavy atom. The molecule has 0 bridgehead atoms. The number of aryl methyl sites for hydroxylation is 3. The quantitative estimate of drug-likeness (QED) is 0.860. The minimum Gasteiger partial charge on any atom is -0.324 e. The number of hydrogen-bond acceptors (Lipinski definition) is 3. The Morgan fingerprint density at radius 1 is 1.08 bits per heavy atom. The van der Waals surface area contributed by atoms with Crippen LogP contribution >= 0.6 is 11.6 Å². The molecular weight excluding hydrogens is 360 g/mol. The molecule has 0 aliphatic heterocycles. The highest BCUT2D eigenvalue weighted by Crippen LogP contribution is 2.26. The van der Waals surface area contributed by atoms with E-state index in [1.807, 2.05) is 32.0 Å². The molecule has 0 saturated carbocycles. The number of rotatable bonds is 5. The van der Waals surface area contributed by atoms with E-state index in [1.54, 1.807) is 25.1 Å². The first-order valence-electron chi connectivity index (χ1n) is 7.69. The molecule has 0 fully saturated rings. The van der Waals surface area contributed by atoms with Gasteiger partial charge in [0, 0.05) is 10.7 Å². The van der Waals surface area contributed by atoms with Crippen LogP contribution in [0.5, 0.6) is 0 Å². The fraction of sp³-hybridized carbons (Fsp3) is 0.278. The maximum absolute atomic E-state index is 12.5. The Morgan fingerprint density at radius 3 is 2.20 bits per heavy atom. The van der Waals surface area contributed by atoms with Gasteiger partial charge in [-0.15, -0.1) is 0 Å². The second kappa shape index (κ2) is 7.45. The summed E-state index contributed by atoms with van der Waals surface area (Å²) >= 11 is 5.94. The maximum Gasteiger partial charge on any atom is 0.245 e. The Balaban J connectivity index is 2.30. The number of halogens is 1. The number of nitrogens with one attached hydrogen (secondary N) is 1. The molecule has 7 heteroatoms. The van der Waals surface area contributed by atoms with Crippen molar-refractivity contribution in [3.05, 3.63) is 58.1 Å². The first-order chi connectivity index (χ1) is 11.6. The van der Waals surface area contributed by atoms with Gasteiger partial charge >= 0.3 is 0 Å². The van der Waals surface area contributed by atoms with Crippen LogP contribution in [-0.4, -0.2) is 27.1 Å². The molecule has 2 rings (SSSR count). The highest BCUT2D eigenvalue weighted by Gasteiger charge is 2.23. The third-order valence-corrected chi connectivity index (χ3v) is 5.22. The van der Waals surface area contributed by atoms with Crippen LogP contribution in [0.3, 0.4) is 0 Å². The second-order valence-corrected chi connectivity index (χ2v) is 8.36. The number of sulfonamides is 1. The molecule has 25 heavy (non-hydrogen) atoms. The fourth-order valence-corrected chi connectivity index (χ4v) is 3.74. The summed E-state index contributed by atoms with van der Waals surface area (Å²) in [6.45, 7) is 5.22. The molecule has 1 N–H and O–H groups in total. The third-order valence-electron chi connectivity index (χ3n) is 3.86. The maximum atomic E-state index is 12.5. The lowest BCUT2D eigenvalue weighted by atomic mass is 10.1. The van der Waals surface area contributed by atoms with Crippen LogP contribution in [-0.2, 0) is 14.8 Å². The van der Waals surface area contributed by atoms with Crippen molar-refractivity contribution in [1.82, 2.24) is 0 Å². The van der Waals surface area contributed by atoms with Gasteiger partial charge < -0.3 is 5.32 Å². The van der Waals surface area contributed by atoms with Crippen molar-refractivity contribution >= 4 is 38.9 Å². The molecule has 1 amide bonds. The van der Waals surface area contributed by atoms with Gasteiger partial charge in [-0.1, -0.05) is 29.8 Å². The second-order valence-electron chi connectivity index (χ2n) is 6.02. The van der Waals surface area contributed by atoms with E-state index in [1.165, 1.54) is 0 Å². The van der Waals surface area contributed by atoms with E-state index in [0.29, 0.717) is 22.0 Å². The minimum atomic E-state index is -3.63. The van der Waals surface area contributed by atoms with E-state index < -0.39 is 15.9 Å². The molecule has 0 aliphatic carbocycles. The Bertz CT molecular complexity index is 890. The van der Waals surface area contributed by atoms with Crippen LogP contribution in [0.1, 0.15) is 16.7 Å². The van der Waals surface area contributed by atoms with Crippen molar-refractivity contribution < 1.29 is 13.2 Å². The number of carbonyl (C=O) groups excluding carboxylic acids is 1. The lowest BCUT2D eigenvalue weighted by Gasteiger charge is -2.24. The predicted octanol–water partition coefficient (Wildman–Crippen LogP) is 3.67. The Kier molecular flexibility index (Phi) is 5.75. The average Bonchev–Trinajstić information content (AvgIpc) is 2.48. The van der Waals surface area contributed by atoms with Gasteiger partial charge in [-0.3, -0.25) is 9.10 Å². The van der Waals surface area contributed by atoms with Gasteiger partial charge in [-0.2, -0.15) is 0 Å². The summed E-state index contributed by atoms with van der Waals surface area (Å²) in [5, 5.41) is 3.32. The summed E-state index contributed by atoms with van der Waals surface area (Å²) in [5.74, 6) is -0.405. The molecule has 0 radical (unpaired) electrons. The van der Waals surface area contributed by atoms with Crippen molar-refractivity contribution in [2.24, 2.45) is 0 Å². The monoisotopic (exact) mass is 380 g/mol. The van der Waals surface area contributed by atoms with Crippen LogP contribution in [0.4, 0.5) is 11.4 Å². The van der Waals surface area contributed by atoms with E-state index in [-0.39, 0.29) is 6.54 Å². The van der Waals surface area contributed by atoms with E-state index in [4.69, 9.17) is 11.6 Å². The topological polar surface area (TPSA) is 66.5 Å². The van der Waals surface area contributed by atoms with Gasteiger partial charge in [0.05, 0.1) is 11.9 Å². The van der Waals surface area contributed by atoms with E-state index >= 15 is 0 Å². The van der Waals surface area contributed by atoms with Crippen molar-refractivity contribution in [3.63, 3.8) is 0 Å². The standard InChI is InChI=1S/C18H21ClN2O3S/c1-12-6-5-7-13(2)18(12)20-17(22)11-21(25(4,23)24)16-9-8-15(19)10-14(16)3/h5-10H,11H2,1-4H3,(H,20,22). The number of carbonyl (C=O) groups is 1. The van der Waals surface area contributed by atoms with Gasteiger partial charge in [0.15, 0.2) is 0 Å². The SMILES string of the molecule is Cc1cc(Cl)ccc1N(CC(=O)Nc1c(C)cccc1C)S(C)(=O)=O. The highest BCUT2D eigenvalue weighted by molar-refractivity contribution is 7.92. The number of anilines is 2. The Labute approximate surface area is 153 Å². The smallest absolute Gasteiger partial charge is 0.245 e. The average molecular weight is 381 g/mol. The predicted molar refractivity (Wildman–Crippen MR) is 103 cm³/mol. The molecule has 5 nitrogen and oxygen atoms in total. The molecule has 0 aromatic heterocycles. The summed E-state index contributed by atoms with van der Waals surface area (Å²) in [6, 6.07) is 10.6. The molecule has 2 aromatic carbocycles. The summed E-state index contributed by atoms with van der Waals surface area (Å²) in [4.78, 5) is 12.5. The molecule has 2 aromatic rings. The summed E-state index contributed by atoms with van der Waals surface area (Å²) < 4.78 is 25.5. The molecule has 0 atom stereocenters. The highest BCUT2D eigenvalue weighted by atomic mass is 35.5. The van der Waals surface area contributed by atoms with Crippen LogP contribution < -0.4 is 9.62 Å². The zero-order valence-electron chi connectivity index (χ0n) is 14.6. The van der Waals surface area contributed by atoms with Gasteiger partial charge in [-0.05, 0) is 55.7 Å². The van der Waals surface area contributed by atoms with E-state index in [0.717, 1.165) is 21.7 Å². The number of nitrogens with zero attached hydrogens (tertiary/aromatic N) is 1.